The number of rotatable bonds is 2. The Kier molecular flexibility index (Phi) is 3.02. The van der Waals surface area contributed by atoms with Gasteiger partial charge in [0.1, 0.15) is 6.54 Å². The molecule has 3 rings (SSSR count). The fraction of sp³-hybridized carbons (Fsp3) is 0.263. The fourth-order valence-corrected chi connectivity index (χ4v) is 3.07. The molecule has 0 saturated heterocycles. The van der Waals surface area contributed by atoms with Crippen LogP contribution in [-0.4, -0.2) is 25.6 Å². The van der Waals surface area contributed by atoms with Crippen LogP contribution in [0.25, 0.3) is 21.5 Å². The first-order chi connectivity index (χ1) is 9.47. The Bertz CT molecular complexity index is 779. The quantitative estimate of drug-likeness (QED) is 0.472. The Morgan fingerprint density at radius 1 is 0.700 bits per heavy atom. The Morgan fingerprint density at radius 3 is 1.70 bits per heavy atom. The first-order valence-electron chi connectivity index (χ1n) is 7.17. The summed E-state index contributed by atoms with van der Waals surface area (Å²) in [5.74, 6) is 0. The van der Waals surface area contributed by atoms with Crippen LogP contribution >= 0.6 is 0 Å². The van der Waals surface area contributed by atoms with Crippen LogP contribution in [-0.2, 0) is 6.54 Å². The van der Waals surface area contributed by atoms with E-state index in [9.17, 15) is 0 Å². The summed E-state index contributed by atoms with van der Waals surface area (Å²) >= 11 is 0. The normalized spacial score (nSPS) is 12.2. The van der Waals surface area contributed by atoms with Crippen LogP contribution in [0, 0.1) is 6.92 Å². The lowest BCUT2D eigenvalue weighted by Crippen LogP contribution is -2.33. The maximum absolute atomic E-state index is 2.26. The van der Waals surface area contributed by atoms with Crippen molar-refractivity contribution >= 4 is 21.5 Å². The lowest BCUT2D eigenvalue weighted by molar-refractivity contribution is -0.883. The molecule has 0 N–H and O–H groups in total. The molecular formula is C19H22N+. The zero-order chi connectivity index (χ0) is 14.3. The molecule has 102 valence electrons. The number of fused-ring (bicyclic) bond motifs is 3. The molecule has 0 unspecified atom stereocenters. The second kappa shape index (κ2) is 4.60. The molecule has 0 fully saturated rings. The van der Waals surface area contributed by atoms with Crippen molar-refractivity contribution in [3.8, 4) is 0 Å². The van der Waals surface area contributed by atoms with Gasteiger partial charge in [0, 0.05) is 5.56 Å². The highest BCUT2D eigenvalue weighted by Gasteiger charge is 2.16. The third kappa shape index (κ3) is 2.19. The van der Waals surface area contributed by atoms with Gasteiger partial charge in [-0.15, -0.1) is 0 Å². The Morgan fingerprint density at radius 2 is 1.15 bits per heavy atom. The van der Waals surface area contributed by atoms with E-state index in [4.69, 9.17) is 0 Å². The second-order valence-corrected chi connectivity index (χ2v) is 6.64. The van der Waals surface area contributed by atoms with Crippen LogP contribution in [0.15, 0.2) is 48.5 Å². The molecule has 0 spiro atoms. The van der Waals surface area contributed by atoms with Gasteiger partial charge in [-0.25, -0.2) is 0 Å². The molecule has 0 atom stereocenters. The standard InChI is InChI=1S/C19H22N/c1-14-15-9-5-6-10-16(15)17-11-7-8-12-18(17)19(14)13-20(2,3)4/h5-12H,13H2,1-4H3/q+1. The topological polar surface area (TPSA) is 0 Å². The summed E-state index contributed by atoms with van der Waals surface area (Å²) in [4.78, 5) is 0. The number of benzene rings is 3. The van der Waals surface area contributed by atoms with Gasteiger partial charge in [-0.1, -0.05) is 48.5 Å². The Hall–Kier alpha value is -1.86. The van der Waals surface area contributed by atoms with Crippen molar-refractivity contribution in [2.24, 2.45) is 0 Å². The van der Waals surface area contributed by atoms with Gasteiger partial charge in [-0.2, -0.15) is 0 Å². The lowest BCUT2D eigenvalue weighted by Gasteiger charge is -2.26. The highest BCUT2D eigenvalue weighted by Crippen LogP contribution is 2.33. The average Bonchev–Trinajstić information content (AvgIpc) is 2.42. The van der Waals surface area contributed by atoms with Crippen molar-refractivity contribution in [1.29, 1.82) is 0 Å². The zero-order valence-electron chi connectivity index (χ0n) is 12.8. The molecule has 1 nitrogen and oxygen atoms in total. The fourth-order valence-electron chi connectivity index (χ4n) is 3.07. The van der Waals surface area contributed by atoms with E-state index >= 15 is 0 Å². The van der Waals surface area contributed by atoms with Crippen molar-refractivity contribution in [1.82, 2.24) is 0 Å². The minimum Gasteiger partial charge on any atom is -0.327 e. The van der Waals surface area contributed by atoms with E-state index in [0.717, 1.165) is 11.0 Å². The van der Waals surface area contributed by atoms with Crippen molar-refractivity contribution in [3.05, 3.63) is 59.7 Å². The minimum absolute atomic E-state index is 0.948. The van der Waals surface area contributed by atoms with E-state index in [2.05, 4.69) is 76.6 Å². The molecule has 0 bridgehead atoms. The van der Waals surface area contributed by atoms with E-state index in [1.54, 1.807) is 0 Å². The minimum atomic E-state index is 0.948. The third-order valence-electron chi connectivity index (χ3n) is 3.96. The first-order valence-corrected chi connectivity index (χ1v) is 7.17. The number of quaternary nitrogens is 1. The molecule has 0 aliphatic heterocycles. The molecule has 0 heterocycles. The van der Waals surface area contributed by atoms with Crippen LogP contribution in [0.1, 0.15) is 11.1 Å². The molecule has 20 heavy (non-hydrogen) atoms. The van der Waals surface area contributed by atoms with Crippen LogP contribution in [0.4, 0.5) is 0 Å². The van der Waals surface area contributed by atoms with Gasteiger partial charge in [-0.05, 0) is 34.0 Å². The van der Waals surface area contributed by atoms with Crippen LogP contribution in [0.5, 0.6) is 0 Å². The largest absolute Gasteiger partial charge is 0.327 e. The van der Waals surface area contributed by atoms with Crippen LogP contribution in [0.2, 0.25) is 0 Å². The Balaban J connectivity index is 2.44. The van der Waals surface area contributed by atoms with Crippen molar-refractivity contribution in [2.75, 3.05) is 21.1 Å². The summed E-state index contributed by atoms with van der Waals surface area (Å²) in [7, 11) is 6.76. The molecule has 0 aromatic heterocycles. The SMILES string of the molecule is Cc1c(C[N+](C)(C)C)c2ccccc2c2ccccc12. The lowest BCUT2D eigenvalue weighted by atomic mass is 9.92. The molecule has 3 aromatic carbocycles. The van der Waals surface area contributed by atoms with Gasteiger partial charge in [0.15, 0.2) is 0 Å². The van der Waals surface area contributed by atoms with Crippen molar-refractivity contribution < 1.29 is 4.48 Å². The van der Waals surface area contributed by atoms with Gasteiger partial charge in [-0.3, -0.25) is 0 Å². The maximum atomic E-state index is 2.26. The summed E-state index contributed by atoms with van der Waals surface area (Å²) in [5, 5.41) is 5.52. The second-order valence-electron chi connectivity index (χ2n) is 6.64. The third-order valence-corrected chi connectivity index (χ3v) is 3.96. The molecule has 0 radical (unpaired) electrons. The maximum Gasteiger partial charge on any atom is 0.105 e. The van der Waals surface area contributed by atoms with E-state index in [-0.39, 0.29) is 0 Å². The van der Waals surface area contributed by atoms with Crippen LogP contribution in [0.3, 0.4) is 0 Å². The number of nitrogens with zero attached hydrogens (tertiary/aromatic N) is 1. The highest BCUT2D eigenvalue weighted by molar-refractivity contribution is 6.10. The Labute approximate surface area is 121 Å². The van der Waals surface area contributed by atoms with Gasteiger partial charge in [0.05, 0.1) is 21.1 Å². The predicted molar refractivity (Wildman–Crippen MR) is 87.9 cm³/mol. The molecule has 0 aliphatic rings. The molecule has 0 saturated carbocycles. The summed E-state index contributed by atoms with van der Waals surface area (Å²) < 4.78 is 0.948. The van der Waals surface area contributed by atoms with Crippen molar-refractivity contribution in [2.45, 2.75) is 13.5 Å². The van der Waals surface area contributed by atoms with E-state index in [1.165, 1.54) is 32.7 Å². The molecular weight excluding hydrogens is 242 g/mol. The van der Waals surface area contributed by atoms with E-state index in [1.807, 2.05) is 0 Å². The molecule has 3 aromatic rings. The van der Waals surface area contributed by atoms with E-state index in [0.29, 0.717) is 0 Å². The number of aryl methyl sites for hydroxylation is 1. The smallest absolute Gasteiger partial charge is 0.105 e. The molecule has 1 heteroatoms. The first kappa shape index (κ1) is 13.1. The average molecular weight is 264 g/mol. The van der Waals surface area contributed by atoms with Gasteiger partial charge in [0.2, 0.25) is 0 Å². The number of hydrogen-bond acceptors (Lipinski definition) is 0. The summed E-state index contributed by atoms with van der Waals surface area (Å²) in [6.07, 6.45) is 0. The monoisotopic (exact) mass is 264 g/mol. The summed E-state index contributed by atoms with van der Waals surface area (Å²) in [6.45, 7) is 3.32. The van der Waals surface area contributed by atoms with Gasteiger partial charge < -0.3 is 4.48 Å². The predicted octanol–water partition coefficient (Wildman–Crippen LogP) is 4.51. The van der Waals surface area contributed by atoms with E-state index < -0.39 is 0 Å². The molecule has 0 aliphatic carbocycles. The van der Waals surface area contributed by atoms with Crippen LogP contribution < -0.4 is 0 Å². The van der Waals surface area contributed by atoms with Gasteiger partial charge >= 0.3 is 0 Å². The van der Waals surface area contributed by atoms with Gasteiger partial charge in [0.25, 0.3) is 0 Å². The van der Waals surface area contributed by atoms with Crippen molar-refractivity contribution in [3.63, 3.8) is 0 Å². The molecule has 0 amide bonds. The summed E-state index contributed by atoms with van der Waals surface area (Å²) in [6, 6.07) is 17.6. The highest BCUT2D eigenvalue weighted by atomic mass is 15.3. The number of hydrogen-bond donors (Lipinski definition) is 0. The summed E-state index contributed by atoms with van der Waals surface area (Å²) in [5.41, 5.74) is 2.90. The zero-order valence-corrected chi connectivity index (χ0v) is 12.8.